The van der Waals surface area contributed by atoms with E-state index in [0.29, 0.717) is 17.3 Å². The highest BCUT2D eigenvalue weighted by Crippen LogP contribution is 2.22. The number of nitrogens with one attached hydrogen (secondary N) is 2. The van der Waals surface area contributed by atoms with Gasteiger partial charge in [0, 0.05) is 5.69 Å². The second-order valence-corrected chi connectivity index (χ2v) is 5.61. The van der Waals surface area contributed by atoms with E-state index < -0.39 is 5.82 Å². The molecule has 0 atom stereocenters. The van der Waals surface area contributed by atoms with Crippen LogP contribution in [-0.2, 0) is 4.79 Å². The summed E-state index contributed by atoms with van der Waals surface area (Å²) < 4.78 is 18.5. The van der Waals surface area contributed by atoms with Gasteiger partial charge >= 0.3 is 0 Å². The van der Waals surface area contributed by atoms with Crippen LogP contribution in [0.1, 0.15) is 0 Å². The Morgan fingerprint density at radius 2 is 1.77 bits per heavy atom. The number of halogens is 2. The summed E-state index contributed by atoms with van der Waals surface area (Å²) in [6, 6.07) is 16.4. The van der Waals surface area contributed by atoms with Crippen LogP contribution in [0.5, 0.6) is 5.75 Å². The molecule has 0 bridgehead atoms. The fourth-order valence-corrected chi connectivity index (χ4v) is 2.21. The van der Waals surface area contributed by atoms with E-state index in [1.807, 2.05) is 18.2 Å². The van der Waals surface area contributed by atoms with Crippen LogP contribution < -0.4 is 15.4 Å². The van der Waals surface area contributed by atoms with Gasteiger partial charge < -0.3 is 15.4 Å². The SMILES string of the molecule is O=C(COc1ccccc1)Nc1ccc(Nc2ccc(F)c(Cl)c2)nn1. The highest BCUT2D eigenvalue weighted by atomic mass is 35.5. The molecule has 0 fully saturated rings. The van der Waals surface area contributed by atoms with E-state index in [4.69, 9.17) is 16.3 Å². The van der Waals surface area contributed by atoms with E-state index >= 15 is 0 Å². The number of carbonyl (C=O) groups excluding carboxylic acids is 1. The summed E-state index contributed by atoms with van der Waals surface area (Å²) in [7, 11) is 0. The summed E-state index contributed by atoms with van der Waals surface area (Å²) >= 11 is 5.73. The number of aromatic nitrogens is 2. The van der Waals surface area contributed by atoms with Crippen molar-refractivity contribution in [2.75, 3.05) is 17.2 Å². The lowest BCUT2D eigenvalue weighted by Gasteiger charge is -2.08. The predicted molar refractivity (Wildman–Crippen MR) is 97.3 cm³/mol. The Morgan fingerprint density at radius 3 is 2.46 bits per heavy atom. The maximum absolute atomic E-state index is 13.1. The molecule has 2 N–H and O–H groups in total. The Balaban J connectivity index is 1.53. The third-order valence-electron chi connectivity index (χ3n) is 3.24. The van der Waals surface area contributed by atoms with Gasteiger partial charge in [0.2, 0.25) is 0 Å². The van der Waals surface area contributed by atoms with Crippen LogP contribution in [0.3, 0.4) is 0 Å². The first kappa shape index (κ1) is 17.6. The van der Waals surface area contributed by atoms with Gasteiger partial charge in [-0.2, -0.15) is 0 Å². The summed E-state index contributed by atoms with van der Waals surface area (Å²) in [6.07, 6.45) is 0. The summed E-state index contributed by atoms with van der Waals surface area (Å²) in [5.74, 6) is 0.458. The van der Waals surface area contributed by atoms with Gasteiger partial charge in [0.05, 0.1) is 5.02 Å². The number of hydrogen-bond acceptors (Lipinski definition) is 5. The number of nitrogens with zero attached hydrogens (tertiary/aromatic N) is 2. The first-order valence-electron chi connectivity index (χ1n) is 7.64. The highest BCUT2D eigenvalue weighted by Gasteiger charge is 2.06. The lowest BCUT2D eigenvalue weighted by atomic mass is 10.3. The summed E-state index contributed by atoms with van der Waals surface area (Å²) in [5.41, 5.74) is 0.568. The van der Waals surface area contributed by atoms with Crippen molar-refractivity contribution in [3.05, 3.63) is 71.5 Å². The van der Waals surface area contributed by atoms with E-state index in [2.05, 4.69) is 20.8 Å². The maximum Gasteiger partial charge on any atom is 0.263 e. The molecule has 8 heteroatoms. The van der Waals surface area contributed by atoms with Crippen molar-refractivity contribution >= 4 is 34.8 Å². The molecule has 1 amide bonds. The van der Waals surface area contributed by atoms with Crippen LogP contribution in [0.25, 0.3) is 0 Å². The average molecular weight is 373 g/mol. The number of carbonyl (C=O) groups is 1. The van der Waals surface area contributed by atoms with Crippen LogP contribution in [0.2, 0.25) is 5.02 Å². The van der Waals surface area contributed by atoms with Crippen LogP contribution in [0, 0.1) is 5.82 Å². The number of rotatable bonds is 6. The topological polar surface area (TPSA) is 76.1 Å². The van der Waals surface area contributed by atoms with Gasteiger partial charge in [-0.3, -0.25) is 4.79 Å². The minimum absolute atomic E-state index is 0.00487. The molecule has 3 aromatic rings. The largest absolute Gasteiger partial charge is 0.484 e. The van der Waals surface area contributed by atoms with Gasteiger partial charge in [-0.1, -0.05) is 29.8 Å². The zero-order valence-corrected chi connectivity index (χ0v) is 14.2. The lowest BCUT2D eigenvalue weighted by Crippen LogP contribution is -2.21. The fraction of sp³-hybridized carbons (Fsp3) is 0.0556. The second-order valence-electron chi connectivity index (χ2n) is 5.21. The Labute approximate surface area is 154 Å². The molecule has 1 heterocycles. The lowest BCUT2D eigenvalue weighted by molar-refractivity contribution is -0.118. The highest BCUT2D eigenvalue weighted by molar-refractivity contribution is 6.31. The smallest absolute Gasteiger partial charge is 0.263 e. The molecule has 0 aliphatic rings. The molecular weight excluding hydrogens is 359 g/mol. The van der Waals surface area contributed by atoms with Crippen LogP contribution in [0.4, 0.5) is 21.7 Å². The van der Waals surface area contributed by atoms with Crippen molar-refractivity contribution in [3.8, 4) is 5.75 Å². The Hall–Kier alpha value is -3.19. The number of ether oxygens (including phenoxy) is 1. The van der Waals surface area contributed by atoms with Crippen molar-refractivity contribution in [2.45, 2.75) is 0 Å². The van der Waals surface area contributed by atoms with E-state index in [-0.39, 0.29) is 23.4 Å². The zero-order chi connectivity index (χ0) is 18.4. The number of hydrogen-bond donors (Lipinski definition) is 2. The molecule has 0 aliphatic carbocycles. The minimum atomic E-state index is -0.501. The molecule has 132 valence electrons. The summed E-state index contributed by atoms with van der Waals surface area (Å²) in [5, 5.41) is 13.4. The summed E-state index contributed by atoms with van der Waals surface area (Å²) in [4.78, 5) is 11.9. The molecule has 0 unspecified atom stereocenters. The Bertz CT molecular complexity index is 891. The molecule has 6 nitrogen and oxygen atoms in total. The first-order chi connectivity index (χ1) is 12.6. The fourth-order valence-electron chi connectivity index (χ4n) is 2.03. The third kappa shape index (κ3) is 4.90. The number of benzene rings is 2. The van der Waals surface area contributed by atoms with Gasteiger partial charge in [-0.15, -0.1) is 10.2 Å². The van der Waals surface area contributed by atoms with E-state index in [9.17, 15) is 9.18 Å². The normalized spacial score (nSPS) is 10.2. The van der Waals surface area contributed by atoms with Crippen LogP contribution in [0.15, 0.2) is 60.7 Å². The molecule has 0 spiro atoms. The molecule has 3 rings (SSSR count). The Morgan fingerprint density at radius 1 is 1.04 bits per heavy atom. The van der Waals surface area contributed by atoms with Gasteiger partial charge in [-0.05, 0) is 42.5 Å². The average Bonchev–Trinajstić information content (AvgIpc) is 2.65. The maximum atomic E-state index is 13.1. The molecule has 2 aromatic carbocycles. The van der Waals surface area contributed by atoms with E-state index in [1.54, 1.807) is 24.3 Å². The van der Waals surface area contributed by atoms with Crippen LogP contribution >= 0.6 is 11.6 Å². The molecule has 0 saturated carbocycles. The van der Waals surface area contributed by atoms with E-state index in [1.165, 1.54) is 18.2 Å². The standard InChI is InChI=1S/C18H14ClFN4O2/c19-14-10-12(6-7-15(14)20)21-16-8-9-17(24-23-16)22-18(25)11-26-13-4-2-1-3-5-13/h1-10H,11H2,(H,21,23)(H,22,24,25). The monoisotopic (exact) mass is 372 g/mol. The first-order valence-corrected chi connectivity index (χ1v) is 8.01. The molecule has 0 radical (unpaired) electrons. The zero-order valence-electron chi connectivity index (χ0n) is 13.4. The van der Waals surface area contributed by atoms with Gasteiger partial charge in [0.15, 0.2) is 18.2 Å². The Kier molecular flexibility index (Phi) is 5.60. The second kappa shape index (κ2) is 8.26. The van der Waals surface area contributed by atoms with Gasteiger partial charge in [-0.25, -0.2) is 4.39 Å². The number of para-hydroxylation sites is 1. The summed E-state index contributed by atoms with van der Waals surface area (Å²) in [6.45, 7) is -0.139. The molecule has 0 saturated heterocycles. The quantitative estimate of drug-likeness (QED) is 0.683. The molecular formula is C18H14ClFN4O2. The minimum Gasteiger partial charge on any atom is -0.484 e. The van der Waals surface area contributed by atoms with Crippen molar-refractivity contribution in [3.63, 3.8) is 0 Å². The van der Waals surface area contributed by atoms with Crippen molar-refractivity contribution in [1.82, 2.24) is 10.2 Å². The predicted octanol–water partition coefficient (Wildman–Crippen LogP) is 4.03. The van der Waals surface area contributed by atoms with Crippen molar-refractivity contribution in [1.29, 1.82) is 0 Å². The number of amides is 1. The third-order valence-corrected chi connectivity index (χ3v) is 3.53. The molecule has 26 heavy (non-hydrogen) atoms. The molecule has 1 aromatic heterocycles. The van der Waals surface area contributed by atoms with E-state index in [0.717, 1.165) is 0 Å². The van der Waals surface area contributed by atoms with Crippen molar-refractivity contribution in [2.24, 2.45) is 0 Å². The van der Waals surface area contributed by atoms with Gasteiger partial charge in [0.25, 0.3) is 5.91 Å². The molecule has 0 aliphatic heterocycles. The van der Waals surface area contributed by atoms with Crippen LogP contribution in [-0.4, -0.2) is 22.7 Å². The number of anilines is 3. The van der Waals surface area contributed by atoms with Gasteiger partial charge in [0.1, 0.15) is 11.6 Å². The van der Waals surface area contributed by atoms with Crippen molar-refractivity contribution < 1.29 is 13.9 Å².